The van der Waals surface area contributed by atoms with Gasteiger partial charge in [-0.2, -0.15) is 12.6 Å². The first-order valence-electron chi connectivity index (χ1n) is 6.95. The molecule has 0 bridgehead atoms. The molecule has 0 aliphatic carbocycles. The standard InChI is InChI=1S/C15H20N2O2S/c1-3-16(4-2)15(19)12-7-5-6-8-13(12)17-10-11(20)9-14(17)18/h5-8,11,20H,3-4,9-10H2,1-2H3. The maximum Gasteiger partial charge on any atom is 0.255 e. The van der Waals surface area contributed by atoms with E-state index in [1.54, 1.807) is 15.9 Å². The Morgan fingerprint density at radius 1 is 1.35 bits per heavy atom. The predicted octanol–water partition coefficient (Wildman–Crippen LogP) is 2.20. The molecular weight excluding hydrogens is 272 g/mol. The van der Waals surface area contributed by atoms with Crippen LogP contribution >= 0.6 is 12.6 Å². The zero-order valence-electron chi connectivity index (χ0n) is 11.9. The smallest absolute Gasteiger partial charge is 0.255 e. The molecule has 1 aliphatic heterocycles. The van der Waals surface area contributed by atoms with Crippen molar-refractivity contribution in [1.82, 2.24) is 4.90 Å². The van der Waals surface area contributed by atoms with E-state index in [-0.39, 0.29) is 17.1 Å². The highest BCUT2D eigenvalue weighted by Gasteiger charge is 2.31. The molecule has 1 aliphatic rings. The van der Waals surface area contributed by atoms with E-state index in [1.807, 2.05) is 32.0 Å². The molecular formula is C15H20N2O2S. The van der Waals surface area contributed by atoms with E-state index in [0.29, 0.717) is 37.3 Å². The Bertz CT molecular complexity index is 514. The van der Waals surface area contributed by atoms with Crippen LogP contribution in [0.15, 0.2) is 24.3 Å². The van der Waals surface area contributed by atoms with Crippen molar-refractivity contribution in [1.29, 1.82) is 0 Å². The molecule has 0 aromatic heterocycles. The van der Waals surface area contributed by atoms with Gasteiger partial charge in [0.2, 0.25) is 5.91 Å². The van der Waals surface area contributed by atoms with E-state index in [2.05, 4.69) is 12.6 Å². The van der Waals surface area contributed by atoms with Crippen LogP contribution in [0.4, 0.5) is 5.69 Å². The molecule has 0 spiro atoms. The molecule has 20 heavy (non-hydrogen) atoms. The van der Waals surface area contributed by atoms with E-state index in [4.69, 9.17) is 0 Å². The fraction of sp³-hybridized carbons (Fsp3) is 0.467. The van der Waals surface area contributed by atoms with Gasteiger partial charge in [0.25, 0.3) is 5.91 Å². The largest absolute Gasteiger partial charge is 0.339 e. The normalized spacial score (nSPS) is 18.4. The highest BCUT2D eigenvalue weighted by atomic mass is 32.1. The molecule has 1 atom stereocenters. The van der Waals surface area contributed by atoms with Gasteiger partial charge in [-0.25, -0.2) is 0 Å². The van der Waals surface area contributed by atoms with Crippen LogP contribution < -0.4 is 4.90 Å². The molecule has 108 valence electrons. The highest BCUT2D eigenvalue weighted by Crippen LogP contribution is 2.28. The van der Waals surface area contributed by atoms with Gasteiger partial charge < -0.3 is 9.80 Å². The lowest BCUT2D eigenvalue weighted by Crippen LogP contribution is -2.33. The fourth-order valence-electron chi connectivity index (χ4n) is 2.49. The van der Waals surface area contributed by atoms with Gasteiger partial charge in [-0.05, 0) is 26.0 Å². The van der Waals surface area contributed by atoms with Crippen molar-refractivity contribution < 1.29 is 9.59 Å². The highest BCUT2D eigenvalue weighted by molar-refractivity contribution is 7.81. The van der Waals surface area contributed by atoms with E-state index in [9.17, 15) is 9.59 Å². The third-order valence-corrected chi connectivity index (χ3v) is 3.93. The second kappa shape index (κ2) is 6.31. The fourth-order valence-corrected chi connectivity index (χ4v) is 2.81. The van der Waals surface area contributed by atoms with Crippen LogP contribution in [0.1, 0.15) is 30.6 Å². The molecule has 4 nitrogen and oxygen atoms in total. The summed E-state index contributed by atoms with van der Waals surface area (Å²) in [4.78, 5) is 28.0. The van der Waals surface area contributed by atoms with Crippen molar-refractivity contribution in [3.05, 3.63) is 29.8 Å². The van der Waals surface area contributed by atoms with Gasteiger partial charge in [0.1, 0.15) is 0 Å². The zero-order chi connectivity index (χ0) is 14.7. The van der Waals surface area contributed by atoms with Gasteiger partial charge >= 0.3 is 0 Å². The molecule has 1 aromatic rings. The minimum absolute atomic E-state index is 0.0268. The lowest BCUT2D eigenvalue weighted by Gasteiger charge is -2.24. The molecule has 2 amide bonds. The summed E-state index contributed by atoms with van der Waals surface area (Å²) >= 11 is 4.37. The average Bonchev–Trinajstić information content (AvgIpc) is 2.79. The number of amides is 2. The zero-order valence-corrected chi connectivity index (χ0v) is 12.8. The Balaban J connectivity index is 2.36. The number of para-hydroxylation sites is 1. The molecule has 1 fully saturated rings. The van der Waals surface area contributed by atoms with Gasteiger partial charge in [0, 0.05) is 31.3 Å². The number of nitrogens with zero attached hydrogens (tertiary/aromatic N) is 2. The molecule has 0 radical (unpaired) electrons. The Morgan fingerprint density at radius 2 is 2.00 bits per heavy atom. The maximum atomic E-state index is 12.5. The number of benzene rings is 1. The molecule has 1 heterocycles. The van der Waals surface area contributed by atoms with E-state index < -0.39 is 0 Å². The average molecular weight is 292 g/mol. The van der Waals surface area contributed by atoms with Crippen LogP contribution in [0.25, 0.3) is 0 Å². The number of hydrogen-bond donors (Lipinski definition) is 1. The molecule has 5 heteroatoms. The van der Waals surface area contributed by atoms with Crippen LogP contribution in [0.5, 0.6) is 0 Å². The Hall–Kier alpha value is -1.49. The van der Waals surface area contributed by atoms with Gasteiger partial charge in [0.05, 0.1) is 11.3 Å². The summed E-state index contributed by atoms with van der Waals surface area (Å²) in [6.07, 6.45) is 0.427. The van der Waals surface area contributed by atoms with Crippen molar-refractivity contribution in [3.8, 4) is 0 Å². The van der Waals surface area contributed by atoms with Crippen LogP contribution in [0.3, 0.4) is 0 Å². The second-order valence-corrected chi connectivity index (χ2v) is 5.59. The molecule has 0 saturated carbocycles. The molecule has 1 unspecified atom stereocenters. The summed E-state index contributed by atoms with van der Waals surface area (Å²) in [5.74, 6) is 0.00538. The van der Waals surface area contributed by atoms with Crippen molar-refractivity contribution in [2.75, 3.05) is 24.5 Å². The SMILES string of the molecule is CCN(CC)C(=O)c1ccccc1N1CC(S)CC1=O. The van der Waals surface area contributed by atoms with Crippen molar-refractivity contribution in [2.24, 2.45) is 0 Å². The lowest BCUT2D eigenvalue weighted by atomic mass is 10.1. The number of carbonyl (C=O) groups excluding carboxylic acids is 2. The molecule has 0 N–H and O–H groups in total. The minimum Gasteiger partial charge on any atom is -0.339 e. The Morgan fingerprint density at radius 3 is 2.55 bits per heavy atom. The van der Waals surface area contributed by atoms with Gasteiger partial charge in [0.15, 0.2) is 0 Å². The van der Waals surface area contributed by atoms with Gasteiger partial charge in [-0.1, -0.05) is 12.1 Å². The van der Waals surface area contributed by atoms with Crippen LogP contribution in [0, 0.1) is 0 Å². The first kappa shape index (κ1) is 14.9. The molecule has 1 aromatic carbocycles. The van der Waals surface area contributed by atoms with E-state index in [0.717, 1.165) is 0 Å². The first-order chi connectivity index (χ1) is 9.58. The maximum absolute atomic E-state index is 12.5. The predicted molar refractivity (Wildman–Crippen MR) is 83.4 cm³/mol. The number of carbonyl (C=O) groups is 2. The van der Waals surface area contributed by atoms with E-state index in [1.165, 1.54) is 0 Å². The lowest BCUT2D eigenvalue weighted by molar-refractivity contribution is -0.117. The first-order valence-corrected chi connectivity index (χ1v) is 7.46. The summed E-state index contributed by atoms with van der Waals surface area (Å²) in [5, 5.41) is 0.0408. The quantitative estimate of drug-likeness (QED) is 0.864. The van der Waals surface area contributed by atoms with E-state index >= 15 is 0 Å². The van der Waals surface area contributed by atoms with Crippen molar-refractivity contribution >= 4 is 30.1 Å². The molecule has 1 saturated heterocycles. The van der Waals surface area contributed by atoms with Gasteiger partial charge in [-0.15, -0.1) is 0 Å². The summed E-state index contributed by atoms with van der Waals surface area (Å²) in [5.41, 5.74) is 1.29. The number of anilines is 1. The van der Waals surface area contributed by atoms with Gasteiger partial charge in [-0.3, -0.25) is 9.59 Å². The molecule has 2 rings (SSSR count). The second-order valence-electron chi connectivity index (χ2n) is 4.86. The van der Waals surface area contributed by atoms with Crippen LogP contribution in [0.2, 0.25) is 0 Å². The summed E-state index contributed by atoms with van der Waals surface area (Å²) in [6, 6.07) is 7.31. The van der Waals surface area contributed by atoms with Crippen LogP contribution in [-0.4, -0.2) is 41.6 Å². The van der Waals surface area contributed by atoms with Crippen molar-refractivity contribution in [2.45, 2.75) is 25.5 Å². The van der Waals surface area contributed by atoms with Crippen molar-refractivity contribution in [3.63, 3.8) is 0 Å². The van der Waals surface area contributed by atoms with Crippen LogP contribution in [-0.2, 0) is 4.79 Å². The monoisotopic (exact) mass is 292 g/mol. The Kier molecular flexibility index (Phi) is 4.70. The topological polar surface area (TPSA) is 40.6 Å². The third-order valence-electron chi connectivity index (χ3n) is 3.58. The number of hydrogen-bond acceptors (Lipinski definition) is 3. The summed E-state index contributed by atoms with van der Waals surface area (Å²) in [6.45, 7) is 5.79. The summed E-state index contributed by atoms with van der Waals surface area (Å²) in [7, 11) is 0. The number of thiol groups is 1. The summed E-state index contributed by atoms with van der Waals surface area (Å²) < 4.78 is 0. The Labute approximate surface area is 125 Å². The third kappa shape index (κ3) is 2.82. The minimum atomic E-state index is -0.0268. The number of rotatable bonds is 4.